The minimum atomic E-state index is 0.0500. The molecule has 1 saturated carbocycles. The first-order valence-electron chi connectivity index (χ1n) is 6.70. The van der Waals surface area contributed by atoms with Gasteiger partial charge in [-0.3, -0.25) is 4.40 Å². The molecule has 0 spiro atoms. The molecule has 1 aliphatic carbocycles. The van der Waals surface area contributed by atoms with E-state index in [4.69, 9.17) is 4.98 Å². The van der Waals surface area contributed by atoms with Crippen LogP contribution < -0.4 is 4.90 Å². The normalized spacial score (nSPS) is 26.4. The molecule has 4 nitrogen and oxygen atoms in total. The van der Waals surface area contributed by atoms with Crippen molar-refractivity contribution in [1.82, 2.24) is 9.38 Å². The van der Waals surface area contributed by atoms with Gasteiger partial charge in [0.25, 0.3) is 0 Å². The van der Waals surface area contributed by atoms with Crippen molar-refractivity contribution in [1.29, 1.82) is 0 Å². The first-order chi connectivity index (χ1) is 8.86. The summed E-state index contributed by atoms with van der Waals surface area (Å²) in [6, 6.07) is 6.61. The number of piperidine rings is 1. The Morgan fingerprint density at radius 3 is 3.00 bits per heavy atom. The smallest absolute Gasteiger partial charge is 0.153 e. The highest BCUT2D eigenvalue weighted by Gasteiger charge is 2.39. The number of aliphatic hydroxyl groups is 1. The summed E-state index contributed by atoms with van der Waals surface area (Å²) in [6.45, 7) is 1.16. The molecule has 1 saturated heterocycles. The van der Waals surface area contributed by atoms with E-state index in [2.05, 4.69) is 4.90 Å². The monoisotopic (exact) mass is 243 g/mol. The predicted octanol–water partition coefficient (Wildman–Crippen LogP) is 1.82. The third-order valence-electron chi connectivity index (χ3n) is 4.44. The van der Waals surface area contributed by atoms with Crippen molar-refractivity contribution in [2.24, 2.45) is 5.92 Å². The zero-order valence-corrected chi connectivity index (χ0v) is 10.3. The number of anilines is 1. The molecule has 4 rings (SSSR count). The van der Waals surface area contributed by atoms with Gasteiger partial charge in [-0.05, 0) is 37.3 Å². The van der Waals surface area contributed by atoms with Crippen LogP contribution in [0.25, 0.3) is 5.65 Å². The number of rotatable bonds is 2. The van der Waals surface area contributed by atoms with Crippen LogP contribution in [0.5, 0.6) is 0 Å². The summed E-state index contributed by atoms with van der Waals surface area (Å²) < 4.78 is 2.00. The van der Waals surface area contributed by atoms with Crippen LogP contribution in [-0.4, -0.2) is 27.1 Å². The van der Waals surface area contributed by atoms with Gasteiger partial charge in [-0.25, -0.2) is 4.98 Å². The van der Waals surface area contributed by atoms with E-state index < -0.39 is 0 Å². The third-order valence-corrected chi connectivity index (χ3v) is 4.44. The highest BCUT2D eigenvalue weighted by atomic mass is 16.3. The van der Waals surface area contributed by atoms with Crippen molar-refractivity contribution in [2.45, 2.75) is 31.9 Å². The summed E-state index contributed by atoms with van der Waals surface area (Å²) in [5.41, 5.74) is 1.86. The van der Waals surface area contributed by atoms with Crippen LogP contribution in [0, 0.1) is 5.92 Å². The second-order valence-corrected chi connectivity index (χ2v) is 5.45. The second kappa shape index (κ2) is 3.72. The maximum atomic E-state index is 9.65. The Kier molecular flexibility index (Phi) is 2.14. The van der Waals surface area contributed by atoms with E-state index >= 15 is 0 Å². The van der Waals surface area contributed by atoms with E-state index in [1.807, 2.05) is 28.8 Å². The Morgan fingerprint density at radius 1 is 1.33 bits per heavy atom. The summed E-state index contributed by atoms with van der Waals surface area (Å²) in [5.74, 6) is 1.84. The van der Waals surface area contributed by atoms with E-state index in [0.717, 1.165) is 29.6 Å². The van der Waals surface area contributed by atoms with Crippen molar-refractivity contribution in [3.05, 3.63) is 30.1 Å². The fourth-order valence-electron chi connectivity index (χ4n) is 3.60. The highest BCUT2D eigenvalue weighted by molar-refractivity contribution is 5.57. The number of hydrogen-bond donors (Lipinski definition) is 1. The molecule has 0 amide bonds. The van der Waals surface area contributed by atoms with E-state index in [1.54, 1.807) is 0 Å². The average Bonchev–Trinajstić information content (AvgIpc) is 3.10. The lowest BCUT2D eigenvalue weighted by molar-refractivity contribution is 0.276. The molecule has 2 unspecified atom stereocenters. The Balaban J connectivity index is 1.84. The topological polar surface area (TPSA) is 40.8 Å². The molecule has 0 radical (unpaired) electrons. The van der Waals surface area contributed by atoms with Gasteiger partial charge < -0.3 is 10.0 Å². The van der Waals surface area contributed by atoms with Crippen LogP contribution in [-0.2, 0) is 6.61 Å². The number of fused-ring (bicyclic) bond motifs is 3. The number of imidazole rings is 1. The molecule has 2 aromatic rings. The number of nitrogens with zero attached hydrogens (tertiary/aromatic N) is 3. The molecular formula is C14H17N3O. The minimum absolute atomic E-state index is 0.0500. The Labute approximate surface area is 106 Å². The molecule has 2 aliphatic rings. The summed E-state index contributed by atoms with van der Waals surface area (Å²) >= 11 is 0. The van der Waals surface area contributed by atoms with Crippen molar-refractivity contribution in [3.8, 4) is 0 Å². The molecular weight excluding hydrogens is 226 g/mol. The van der Waals surface area contributed by atoms with Gasteiger partial charge in [-0.15, -0.1) is 0 Å². The number of aliphatic hydroxyl groups excluding tert-OH is 1. The lowest BCUT2D eigenvalue weighted by atomic mass is 10.1. The average molecular weight is 243 g/mol. The molecule has 0 aromatic carbocycles. The molecule has 94 valence electrons. The Hall–Kier alpha value is -1.55. The Morgan fingerprint density at radius 2 is 2.28 bits per heavy atom. The molecule has 3 heterocycles. The van der Waals surface area contributed by atoms with Crippen LogP contribution in [0.3, 0.4) is 0 Å². The Bertz CT molecular complexity index is 592. The van der Waals surface area contributed by atoms with Gasteiger partial charge in [0.2, 0.25) is 0 Å². The van der Waals surface area contributed by atoms with Gasteiger partial charge in [0.15, 0.2) is 5.82 Å². The summed E-state index contributed by atoms with van der Waals surface area (Å²) in [4.78, 5) is 7.12. The first kappa shape index (κ1) is 10.4. The third kappa shape index (κ3) is 1.32. The fourth-order valence-corrected chi connectivity index (χ4v) is 3.60. The molecule has 2 atom stereocenters. The molecule has 2 fully saturated rings. The van der Waals surface area contributed by atoms with Gasteiger partial charge in [0.1, 0.15) is 5.65 Å². The summed E-state index contributed by atoms with van der Waals surface area (Å²) in [5, 5.41) is 9.65. The SMILES string of the molecule is OCc1c(N2CC3CCC2C3)nc2ccccn12. The first-order valence-corrected chi connectivity index (χ1v) is 6.70. The quantitative estimate of drug-likeness (QED) is 0.874. The fraction of sp³-hybridized carbons (Fsp3) is 0.500. The highest BCUT2D eigenvalue weighted by Crippen LogP contribution is 2.40. The molecule has 2 aromatic heterocycles. The van der Waals surface area contributed by atoms with E-state index in [-0.39, 0.29) is 6.61 Å². The molecule has 1 aliphatic heterocycles. The van der Waals surface area contributed by atoms with Crippen LogP contribution in [0.4, 0.5) is 5.82 Å². The van der Waals surface area contributed by atoms with Crippen LogP contribution >= 0.6 is 0 Å². The van der Waals surface area contributed by atoms with Crippen LogP contribution in [0.1, 0.15) is 25.0 Å². The van der Waals surface area contributed by atoms with E-state index in [0.29, 0.717) is 6.04 Å². The van der Waals surface area contributed by atoms with Gasteiger partial charge in [0, 0.05) is 18.8 Å². The van der Waals surface area contributed by atoms with Gasteiger partial charge >= 0.3 is 0 Å². The summed E-state index contributed by atoms with van der Waals surface area (Å²) in [7, 11) is 0. The van der Waals surface area contributed by atoms with Crippen LogP contribution in [0.15, 0.2) is 24.4 Å². The lowest BCUT2D eigenvalue weighted by Gasteiger charge is -2.27. The molecule has 4 heteroatoms. The summed E-state index contributed by atoms with van der Waals surface area (Å²) in [6.07, 6.45) is 5.93. The molecule has 2 bridgehead atoms. The maximum absolute atomic E-state index is 9.65. The zero-order chi connectivity index (χ0) is 12.1. The van der Waals surface area contributed by atoms with Crippen molar-refractivity contribution in [3.63, 3.8) is 0 Å². The largest absolute Gasteiger partial charge is 0.390 e. The van der Waals surface area contributed by atoms with Crippen molar-refractivity contribution < 1.29 is 5.11 Å². The molecule has 18 heavy (non-hydrogen) atoms. The van der Waals surface area contributed by atoms with Gasteiger partial charge in [-0.2, -0.15) is 0 Å². The number of hydrogen-bond acceptors (Lipinski definition) is 3. The lowest BCUT2D eigenvalue weighted by Crippen LogP contribution is -2.32. The standard InChI is InChI=1S/C14H17N3O/c18-9-12-14(15-13-3-1-2-6-16(12)13)17-8-10-4-5-11(17)7-10/h1-3,6,10-11,18H,4-5,7-9H2. The van der Waals surface area contributed by atoms with Gasteiger partial charge in [0.05, 0.1) is 12.3 Å². The van der Waals surface area contributed by atoms with E-state index in [1.165, 1.54) is 19.3 Å². The predicted molar refractivity (Wildman–Crippen MR) is 69.6 cm³/mol. The zero-order valence-electron chi connectivity index (χ0n) is 10.3. The van der Waals surface area contributed by atoms with Crippen LogP contribution in [0.2, 0.25) is 0 Å². The van der Waals surface area contributed by atoms with Crippen molar-refractivity contribution >= 4 is 11.5 Å². The maximum Gasteiger partial charge on any atom is 0.153 e. The molecule has 1 N–H and O–H groups in total. The van der Waals surface area contributed by atoms with Gasteiger partial charge in [-0.1, -0.05) is 6.07 Å². The number of aromatic nitrogens is 2. The van der Waals surface area contributed by atoms with E-state index in [9.17, 15) is 5.11 Å². The second-order valence-electron chi connectivity index (χ2n) is 5.45. The van der Waals surface area contributed by atoms with Crippen molar-refractivity contribution in [2.75, 3.05) is 11.4 Å². The minimum Gasteiger partial charge on any atom is -0.390 e. The number of pyridine rings is 1.